The fraction of sp³-hybridized carbons (Fsp3) is 1.00. The SMILES string of the molecule is CC1(C)CCC(C(C)(O)CO)O1. The fourth-order valence-electron chi connectivity index (χ4n) is 1.52. The van der Waals surface area contributed by atoms with E-state index in [0.29, 0.717) is 0 Å². The number of hydrogen-bond acceptors (Lipinski definition) is 3. The van der Waals surface area contributed by atoms with Gasteiger partial charge in [0, 0.05) is 0 Å². The number of rotatable bonds is 2. The van der Waals surface area contributed by atoms with Gasteiger partial charge < -0.3 is 14.9 Å². The zero-order chi connectivity index (χ0) is 9.41. The van der Waals surface area contributed by atoms with Crippen molar-refractivity contribution in [3.63, 3.8) is 0 Å². The van der Waals surface area contributed by atoms with Gasteiger partial charge in [-0.2, -0.15) is 0 Å². The standard InChI is InChI=1S/C9H18O3/c1-8(2)5-4-7(12-8)9(3,11)6-10/h7,10-11H,4-6H2,1-3H3. The van der Waals surface area contributed by atoms with E-state index in [1.807, 2.05) is 13.8 Å². The lowest BCUT2D eigenvalue weighted by Gasteiger charge is -2.29. The van der Waals surface area contributed by atoms with E-state index < -0.39 is 5.60 Å². The first-order valence-corrected chi connectivity index (χ1v) is 4.38. The highest BCUT2D eigenvalue weighted by Crippen LogP contribution is 2.34. The van der Waals surface area contributed by atoms with Gasteiger partial charge in [0.15, 0.2) is 0 Å². The second-order valence-corrected chi connectivity index (χ2v) is 4.42. The summed E-state index contributed by atoms with van der Waals surface area (Å²) < 4.78 is 5.59. The summed E-state index contributed by atoms with van der Waals surface area (Å²) in [5.41, 5.74) is -1.24. The van der Waals surface area contributed by atoms with Crippen molar-refractivity contribution in [2.24, 2.45) is 0 Å². The van der Waals surface area contributed by atoms with Gasteiger partial charge in [0.05, 0.1) is 18.3 Å². The van der Waals surface area contributed by atoms with E-state index in [1.54, 1.807) is 6.92 Å². The lowest BCUT2D eigenvalue weighted by molar-refractivity contribution is -0.135. The molecule has 2 N–H and O–H groups in total. The maximum absolute atomic E-state index is 9.68. The van der Waals surface area contributed by atoms with Crippen LogP contribution in [0.25, 0.3) is 0 Å². The average molecular weight is 174 g/mol. The van der Waals surface area contributed by atoms with Crippen molar-refractivity contribution in [2.75, 3.05) is 6.61 Å². The highest BCUT2D eigenvalue weighted by molar-refractivity contribution is 4.91. The van der Waals surface area contributed by atoms with Gasteiger partial charge in [-0.15, -0.1) is 0 Å². The third kappa shape index (κ3) is 1.97. The van der Waals surface area contributed by atoms with Crippen molar-refractivity contribution in [3.8, 4) is 0 Å². The highest BCUT2D eigenvalue weighted by atomic mass is 16.5. The lowest BCUT2D eigenvalue weighted by atomic mass is 9.96. The van der Waals surface area contributed by atoms with Crippen molar-refractivity contribution in [1.82, 2.24) is 0 Å². The molecule has 1 heterocycles. The third-order valence-corrected chi connectivity index (χ3v) is 2.48. The smallest absolute Gasteiger partial charge is 0.111 e. The Bertz CT molecular complexity index is 163. The molecule has 0 aromatic heterocycles. The quantitative estimate of drug-likeness (QED) is 0.647. The topological polar surface area (TPSA) is 49.7 Å². The van der Waals surface area contributed by atoms with Crippen LogP contribution in [-0.2, 0) is 4.74 Å². The first-order chi connectivity index (χ1) is 5.37. The monoisotopic (exact) mass is 174 g/mol. The van der Waals surface area contributed by atoms with Crippen molar-refractivity contribution < 1.29 is 14.9 Å². The molecule has 3 heteroatoms. The van der Waals surface area contributed by atoms with E-state index in [0.717, 1.165) is 12.8 Å². The highest BCUT2D eigenvalue weighted by Gasteiger charge is 2.41. The van der Waals surface area contributed by atoms with Gasteiger partial charge in [-0.25, -0.2) is 0 Å². The van der Waals surface area contributed by atoms with Crippen LogP contribution in [0.2, 0.25) is 0 Å². The maximum Gasteiger partial charge on any atom is 0.111 e. The Labute approximate surface area is 73.4 Å². The first kappa shape index (κ1) is 9.96. The van der Waals surface area contributed by atoms with Crippen LogP contribution in [-0.4, -0.2) is 34.1 Å². The van der Waals surface area contributed by atoms with Gasteiger partial charge in [0.2, 0.25) is 0 Å². The predicted octanol–water partition coefficient (Wildman–Crippen LogP) is 0.687. The second-order valence-electron chi connectivity index (χ2n) is 4.42. The Morgan fingerprint density at radius 3 is 2.50 bits per heavy atom. The minimum absolute atomic E-state index is 0.149. The maximum atomic E-state index is 9.68. The minimum Gasteiger partial charge on any atom is -0.393 e. The van der Waals surface area contributed by atoms with Crippen LogP contribution in [0.5, 0.6) is 0 Å². The molecule has 0 aromatic carbocycles. The minimum atomic E-state index is -1.09. The number of hydrogen-bond donors (Lipinski definition) is 2. The Morgan fingerprint density at radius 1 is 1.58 bits per heavy atom. The van der Waals surface area contributed by atoms with Crippen LogP contribution in [0.1, 0.15) is 33.6 Å². The van der Waals surface area contributed by atoms with E-state index in [9.17, 15) is 5.11 Å². The number of aliphatic hydroxyl groups excluding tert-OH is 1. The van der Waals surface area contributed by atoms with Crippen LogP contribution >= 0.6 is 0 Å². The molecule has 0 aliphatic carbocycles. The molecule has 0 aromatic rings. The van der Waals surface area contributed by atoms with E-state index in [1.165, 1.54) is 0 Å². The summed E-state index contributed by atoms with van der Waals surface area (Å²) in [6.07, 6.45) is 1.53. The zero-order valence-electron chi connectivity index (χ0n) is 8.00. The third-order valence-electron chi connectivity index (χ3n) is 2.48. The molecule has 0 saturated carbocycles. The fourth-order valence-corrected chi connectivity index (χ4v) is 1.52. The second kappa shape index (κ2) is 2.98. The van der Waals surface area contributed by atoms with E-state index in [2.05, 4.69) is 0 Å². The summed E-state index contributed by atoms with van der Waals surface area (Å²) in [5, 5.41) is 18.6. The molecule has 1 aliphatic heterocycles. The molecule has 2 unspecified atom stereocenters. The molecule has 2 atom stereocenters. The molecule has 1 rings (SSSR count). The van der Waals surface area contributed by atoms with Crippen LogP contribution in [0, 0.1) is 0 Å². The molecule has 1 saturated heterocycles. The molecule has 72 valence electrons. The Balaban J connectivity index is 2.58. The summed E-state index contributed by atoms with van der Waals surface area (Å²) in [7, 11) is 0. The molecular formula is C9H18O3. The van der Waals surface area contributed by atoms with Crippen LogP contribution in [0.3, 0.4) is 0 Å². The lowest BCUT2D eigenvalue weighted by Crippen LogP contribution is -2.43. The Morgan fingerprint density at radius 2 is 2.17 bits per heavy atom. The molecule has 0 bridgehead atoms. The van der Waals surface area contributed by atoms with Gasteiger partial charge in [0.1, 0.15) is 5.60 Å². The summed E-state index contributed by atoms with van der Waals surface area (Å²) in [5.74, 6) is 0. The van der Waals surface area contributed by atoms with E-state index in [-0.39, 0.29) is 18.3 Å². The molecule has 1 fully saturated rings. The van der Waals surface area contributed by atoms with Crippen LogP contribution in [0.15, 0.2) is 0 Å². The summed E-state index contributed by atoms with van der Waals surface area (Å²) in [4.78, 5) is 0. The molecule has 12 heavy (non-hydrogen) atoms. The molecule has 0 spiro atoms. The van der Waals surface area contributed by atoms with Crippen molar-refractivity contribution in [1.29, 1.82) is 0 Å². The molecule has 3 nitrogen and oxygen atoms in total. The number of ether oxygens (including phenoxy) is 1. The Kier molecular flexibility index (Phi) is 2.47. The predicted molar refractivity (Wildman–Crippen MR) is 45.9 cm³/mol. The summed E-state index contributed by atoms with van der Waals surface area (Å²) >= 11 is 0. The van der Waals surface area contributed by atoms with Crippen LogP contribution < -0.4 is 0 Å². The van der Waals surface area contributed by atoms with Gasteiger partial charge in [-0.05, 0) is 33.6 Å². The molecule has 0 radical (unpaired) electrons. The van der Waals surface area contributed by atoms with Gasteiger partial charge in [-0.1, -0.05) is 0 Å². The van der Waals surface area contributed by atoms with Crippen molar-refractivity contribution in [3.05, 3.63) is 0 Å². The molecular weight excluding hydrogens is 156 g/mol. The largest absolute Gasteiger partial charge is 0.393 e. The Hall–Kier alpha value is -0.120. The summed E-state index contributed by atoms with van der Waals surface area (Å²) in [6.45, 7) is 5.37. The average Bonchev–Trinajstić information content (AvgIpc) is 2.31. The van der Waals surface area contributed by atoms with Gasteiger partial charge >= 0.3 is 0 Å². The van der Waals surface area contributed by atoms with E-state index in [4.69, 9.17) is 9.84 Å². The van der Waals surface area contributed by atoms with Crippen LogP contribution in [0.4, 0.5) is 0 Å². The van der Waals surface area contributed by atoms with Crippen molar-refractivity contribution in [2.45, 2.75) is 50.9 Å². The molecule has 1 aliphatic rings. The molecule has 0 amide bonds. The summed E-state index contributed by atoms with van der Waals surface area (Å²) in [6, 6.07) is 0. The normalized spacial score (nSPS) is 33.2. The number of aliphatic hydroxyl groups is 2. The van der Waals surface area contributed by atoms with E-state index >= 15 is 0 Å². The van der Waals surface area contributed by atoms with Crippen molar-refractivity contribution >= 4 is 0 Å². The first-order valence-electron chi connectivity index (χ1n) is 4.38. The van der Waals surface area contributed by atoms with Gasteiger partial charge in [-0.3, -0.25) is 0 Å². The van der Waals surface area contributed by atoms with Gasteiger partial charge in [0.25, 0.3) is 0 Å². The zero-order valence-corrected chi connectivity index (χ0v) is 8.00.